The van der Waals surface area contributed by atoms with Crippen LogP contribution in [0, 0.1) is 23.7 Å². The van der Waals surface area contributed by atoms with Crippen LogP contribution in [0.4, 0.5) is 0 Å². The zero-order chi connectivity index (χ0) is 11.8. The van der Waals surface area contributed by atoms with Crippen LogP contribution >= 0.6 is 0 Å². The highest BCUT2D eigenvalue weighted by molar-refractivity contribution is 5.82. The highest BCUT2D eigenvalue weighted by Gasteiger charge is 2.57. The van der Waals surface area contributed by atoms with Gasteiger partial charge in [-0.05, 0) is 56.5 Å². The number of rotatable bonds is 3. The molecule has 3 heteroatoms. The molecule has 3 aliphatic rings. The number of nitrogens with zero attached hydrogens (tertiary/aromatic N) is 1. The van der Waals surface area contributed by atoms with Gasteiger partial charge in [-0.1, -0.05) is 6.42 Å². The molecular formula is C14H24N2O. The molecule has 0 bridgehead atoms. The summed E-state index contributed by atoms with van der Waals surface area (Å²) < 4.78 is 0. The van der Waals surface area contributed by atoms with Crippen LogP contribution in [0.25, 0.3) is 0 Å². The summed E-state index contributed by atoms with van der Waals surface area (Å²) in [6.45, 7) is 3.24. The van der Waals surface area contributed by atoms with Gasteiger partial charge in [0.05, 0.1) is 0 Å². The molecule has 1 aliphatic heterocycles. The molecular weight excluding hydrogens is 212 g/mol. The molecule has 0 spiro atoms. The summed E-state index contributed by atoms with van der Waals surface area (Å²) in [5, 5.41) is 3.38. The number of carbonyl (C=O) groups is 1. The van der Waals surface area contributed by atoms with E-state index in [4.69, 9.17) is 0 Å². The van der Waals surface area contributed by atoms with E-state index in [2.05, 4.69) is 5.32 Å². The maximum Gasteiger partial charge on any atom is 0.226 e. The van der Waals surface area contributed by atoms with E-state index in [9.17, 15) is 4.79 Å². The van der Waals surface area contributed by atoms with Gasteiger partial charge in [-0.2, -0.15) is 0 Å². The normalized spacial score (nSPS) is 36.6. The number of hydrogen-bond donors (Lipinski definition) is 1. The second kappa shape index (κ2) is 4.60. The van der Waals surface area contributed by atoms with Gasteiger partial charge >= 0.3 is 0 Å². The number of hydrogen-bond acceptors (Lipinski definition) is 2. The molecule has 3 fully saturated rings. The SMILES string of the molecule is CN(CC1CCNCC1)C(=O)C1C2CCCC21. The van der Waals surface area contributed by atoms with Crippen molar-refractivity contribution in [3.63, 3.8) is 0 Å². The Morgan fingerprint density at radius 1 is 1.18 bits per heavy atom. The lowest BCUT2D eigenvalue weighted by atomic mass is 9.97. The maximum absolute atomic E-state index is 12.3. The van der Waals surface area contributed by atoms with Crippen LogP contribution < -0.4 is 5.32 Å². The molecule has 1 saturated heterocycles. The standard InChI is InChI=1S/C14H24N2O/c1-16(9-10-5-7-15-8-6-10)14(17)13-11-3-2-4-12(11)13/h10-13,15H,2-9H2,1H3. The molecule has 1 N–H and O–H groups in total. The van der Waals surface area contributed by atoms with Gasteiger partial charge in [-0.3, -0.25) is 4.79 Å². The lowest BCUT2D eigenvalue weighted by Gasteiger charge is -2.28. The van der Waals surface area contributed by atoms with Crippen LogP contribution in [-0.2, 0) is 4.79 Å². The monoisotopic (exact) mass is 236 g/mol. The summed E-state index contributed by atoms with van der Waals surface area (Å²) in [5.41, 5.74) is 0. The molecule has 1 amide bonds. The summed E-state index contributed by atoms with van der Waals surface area (Å²) in [6, 6.07) is 0. The van der Waals surface area contributed by atoms with Crippen LogP contribution in [0.15, 0.2) is 0 Å². The van der Waals surface area contributed by atoms with E-state index in [0.717, 1.165) is 37.4 Å². The van der Waals surface area contributed by atoms with Gasteiger partial charge in [-0.15, -0.1) is 0 Å². The molecule has 1 heterocycles. The second-order valence-corrected chi connectivity index (χ2v) is 6.20. The van der Waals surface area contributed by atoms with Crippen molar-refractivity contribution in [1.29, 1.82) is 0 Å². The zero-order valence-corrected chi connectivity index (χ0v) is 10.8. The van der Waals surface area contributed by atoms with Gasteiger partial charge in [0.2, 0.25) is 5.91 Å². The average molecular weight is 236 g/mol. The molecule has 0 aromatic rings. The first-order chi connectivity index (χ1) is 8.27. The van der Waals surface area contributed by atoms with Crippen molar-refractivity contribution in [3.05, 3.63) is 0 Å². The number of fused-ring (bicyclic) bond motifs is 1. The minimum Gasteiger partial charge on any atom is -0.345 e. The topological polar surface area (TPSA) is 32.3 Å². The van der Waals surface area contributed by atoms with Crippen molar-refractivity contribution in [2.75, 3.05) is 26.7 Å². The molecule has 2 atom stereocenters. The van der Waals surface area contributed by atoms with E-state index in [1.807, 2.05) is 11.9 Å². The van der Waals surface area contributed by atoms with Gasteiger partial charge in [0.25, 0.3) is 0 Å². The van der Waals surface area contributed by atoms with Crippen LogP contribution in [0.5, 0.6) is 0 Å². The smallest absolute Gasteiger partial charge is 0.226 e. The molecule has 96 valence electrons. The number of carbonyl (C=O) groups excluding carboxylic acids is 1. The van der Waals surface area contributed by atoms with Gasteiger partial charge in [0.1, 0.15) is 0 Å². The fourth-order valence-corrected chi connectivity index (χ4v) is 3.98. The van der Waals surface area contributed by atoms with E-state index >= 15 is 0 Å². The Bertz CT molecular complexity index is 289. The highest BCUT2D eigenvalue weighted by Crippen LogP contribution is 2.58. The van der Waals surface area contributed by atoms with Crippen molar-refractivity contribution >= 4 is 5.91 Å². The third-order valence-corrected chi connectivity index (χ3v) is 5.06. The minimum absolute atomic E-state index is 0.412. The van der Waals surface area contributed by atoms with E-state index in [0.29, 0.717) is 11.8 Å². The molecule has 3 rings (SSSR count). The van der Waals surface area contributed by atoms with Gasteiger partial charge in [-0.25, -0.2) is 0 Å². The quantitative estimate of drug-likeness (QED) is 0.805. The highest BCUT2D eigenvalue weighted by atomic mass is 16.2. The fraction of sp³-hybridized carbons (Fsp3) is 0.929. The first-order valence-corrected chi connectivity index (χ1v) is 7.23. The first kappa shape index (κ1) is 11.5. The Morgan fingerprint density at radius 2 is 1.82 bits per heavy atom. The fourth-order valence-electron chi connectivity index (χ4n) is 3.98. The van der Waals surface area contributed by atoms with Crippen molar-refractivity contribution in [2.24, 2.45) is 23.7 Å². The third-order valence-electron chi connectivity index (χ3n) is 5.06. The maximum atomic E-state index is 12.3. The Kier molecular flexibility index (Phi) is 3.12. The predicted octanol–water partition coefficient (Wildman–Crippen LogP) is 1.49. The van der Waals surface area contributed by atoms with Crippen LogP contribution in [0.1, 0.15) is 32.1 Å². The number of piperidine rings is 1. The van der Waals surface area contributed by atoms with Crippen LogP contribution in [0.2, 0.25) is 0 Å². The molecule has 2 unspecified atom stereocenters. The molecule has 0 aromatic heterocycles. The molecule has 3 nitrogen and oxygen atoms in total. The largest absolute Gasteiger partial charge is 0.345 e. The van der Waals surface area contributed by atoms with Gasteiger partial charge in [0.15, 0.2) is 0 Å². The molecule has 0 aromatic carbocycles. The summed E-state index contributed by atoms with van der Waals surface area (Å²) in [6.07, 6.45) is 6.44. The molecule has 2 saturated carbocycles. The average Bonchev–Trinajstić information content (AvgIpc) is 2.82. The Morgan fingerprint density at radius 3 is 2.47 bits per heavy atom. The van der Waals surface area contributed by atoms with Crippen molar-refractivity contribution in [1.82, 2.24) is 10.2 Å². The third kappa shape index (κ3) is 2.22. The molecule has 2 aliphatic carbocycles. The number of amides is 1. The van der Waals surface area contributed by atoms with E-state index in [-0.39, 0.29) is 0 Å². The minimum atomic E-state index is 0.412. The van der Waals surface area contributed by atoms with E-state index in [1.54, 1.807) is 0 Å². The lowest BCUT2D eigenvalue weighted by Crippen LogP contribution is -2.38. The van der Waals surface area contributed by atoms with Crippen LogP contribution in [-0.4, -0.2) is 37.5 Å². The zero-order valence-electron chi connectivity index (χ0n) is 10.8. The predicted molar refractivity (Wildman–Crippen MR) is 67.6 cm³/mol. The van der Waals surface area contributed by atoms with Gasteiger partial charge in [0, 0.05) is 19.5 Å². The summed E-state index contributed by atoms with van der Waals surface area (Å²) in [7, 11) is 2.01. The van der Waals surface area contributed by atoms with Crippen molar-refractivity contribution in [2.45, 2.75) is 32.1 Å². The number of nitrogens with one attached hydrogen (secondary N) is 1. The van der Waals surface area contributed by atoms with Gasteiger partial charge < -0.3 is 10.2 Å². The first-order valence-electron chi connectivity index (χ1n) is 7.23. The van der Waals surface area contributed by atoms with Crippen LogP contribution in [0.3, 0.4) is 0 Å². The Balaban J connectivity index is 1.48. The van der Waals surface area contributed by atoms with Crippen molar-refractivity contribution < 1.29 is 4.79 Å². The summed E-state index contributed by atoms with van der Waals surface area (Å²) >= 11 is 0. The van der Waals surface area contributed by atoms with E-state index in [1.165, 1.54) is 32.1 Å². The van der Waals surface area contributed by atoms with E-state index < -0.39 is 0 Å². The second-order valence-electron chi connectivity index (χ2n) is 6.20. The Labute approximate surface area is 104 Å². The lowest BCUT2D eigenvalue weighted by molar-refractivity contribution is -0.132. The summed E-state index contributed by atoms with van der Waals surface area (Å²) in [4.78, 5) is 14.3. The Hall–Kier alpha value is -0.570. The van der Waals surface area contributed by atoms with Crippen molar-refractivity contribution in [3.8, 4) is 0 Å². The summed E-state index contributed by atoms with van der Waals surface area (Å²) in [5.74, 6) is 3.11. The molecule has 17 heavy (non-hydrogen) atoms. The molecule has 0 radical (unpaired) electrons.